The van der Waals surface area contributed by atoms with E-state index in [2.05, 4.69) is 10.6 Å². The summed E-state index contributed by atoms with van der Waals surface area (Å²) in [6.45, 7) is 6.91. The van der Waals surface area contributed by atoms with E-state index in [4.69, 9.17) is 4.74 Å². The van der Waals surface area contributed by atoms with Crippen molar-refractivity contribution in [1.29, 1.82) is 0 Å². The minimum Gasteiger partial charge on any atom is -0.450 e. The SMILES string of the molecule is CCOC(=O)N1CCC(NCCNC(=O)c2ccccc2C)CC1.Cl. The van der Waals surface area contributed by atoms with Crippen molar-refractivity contribution >= 4 is 24.4 Å². The van der Waals surface area contributed by atoms with E-state index in [-0.39, 0.29) is 24.4 Å². The summed E-state index contributed by atoms with van der Waals surface area (Å²) in [7, 11) is 0. The molecule has 0 bridgehead atoms. The van der Waals surface area contributed by atoms with E-state index in [0.29, 0.717) is 32.3 Å². The van der Waals surface area contributed by atoms with Gasteiger partial charge in [-0.2, -0.15) is 0 Å². The Kier molecular flexibility index (Phi) is 9.31. The Balaban J connectivity index is 0.00000312. The fraction of sp³-hybridized carbons (Fsp3) is 0.556. The minimum atomic E-state index is -0.221. The second kappa shape index (κ2) is 10.9. The molecular weight excluding hydrogens is 342 g/mol. The van der Waals surface area contributed by atoms with Gasteiger partial charge in [-0.15, -0.1) is 12.4 Å². The van der Waals surface area contributed by atoms with E-state index in [1.807, 2.05) is 38.1 Å². The van der Waals surface area contributed by atoms with Crippen LogP contribution >= 0.6 is 12.4 Å². The summed E-state index contributed by atoms with van der Waals surface area (Å²) in [5, 5.41) is 6.38. The first-order valence-corrected chi connectivity index (χ1v) is 8.60. The van der Waals surface area contributed by atoms with Gasteiger partial charge in [0.15, 0.2) is 0 Å². The molecular formula is C18H28ClN3O3. The van der Waals surface area contributed by atoms with Gasteiger partial charge in [0.25, 0.3) is 5.91 Å². The average Bonchev–Trinajstić information content (AvgIpc) is 2.59. The summed E-state index contributed by atoms with van der Waals surface area (Å²) >= 11 is 0. The molecule has 1 aliphatic rings. The zero-order valence-corrected chi connectivity index (χ0v) is 15.7. The third kappa shape index (κ3) is 6.55. The van der Waals surface area contributed by atoms with Crippen molar-refractivity contribution in [3.63, 3.8) is 0 Å². The lowest BCUT2D eigenvalue weighted by Crippen LogP contribution is -2.46. The quantitative estimate of drug-likeness (QED) is 0.755. The first kappa shape index (κ1) is 21.3. The molecule has 6 nitrogen and oxygen atoms in total. The van der Waals surface area contributed by atoms with Crippen LogP contribution in [0.1, 0.15) is 35.7 Å². The van der Waals surface area contributed by atoms with Gasteiger partial charge < -0.3 is 20.3 Å². The molecule has 1 aliphatic heterocycles. The smallest absolute Gasteiger partial charge is 0.409 e. The highest BCUT2D eigenvalue weighted by Gasteiger charge is 2.22. The summed E-state index contributed by atoms with van der Waals surface area (Å²) in [6.07, 6.45) is 1.59. The number of hydrogen-bond donors (Lipinski definition) is 2. The van der Waals surface area contributed by atoms with Gasteiger partial charge in [-0.1, -0.05) is 18.2 Å². The number of carbonyl (C=O) groups is 2. The van der Waals surface area contributed by atoms with E-state index in [1.54, 1.807) is 4.90 Å². The Bertz CT molecular complexity index is 560. The zero-order valence-electron chi connectivity index (χ0n) is 14.9. The normalized spacial score (nSPS) is 14.6. The maximum Gasteiger partial charge on any atom is 0.409 e. The second-order valence-electron chi connectivity index (χ2n) is 5.99. The number of halogens is 1. The molecule has 1 saturated heterocycles. The lowest BCUT2D eigenvalue weighted by molar-refractivity contribution is 0.0930. The van der Waals surface area contributed by atoms with Crippen molar-refractivity contribution in [2.24, 2.45) is 0 Å². The molecule has 0 radical (unpaired) electrons. The molecule has 7 heteroatoms. The van der Waals surface area contributed by atoms with Gasteiger partial charge >= 0.3 is 6.09 Å². The Labute approximate surface area is 155 Å². The minimum absolute atomic E-state index is 0. The van der Waals surface area contributed by atoms with Crippen LogP contribution in [0.25, 0.3) is 0 Å². The molecule has 0 unspecified atom stereocenters. The molecule has 1 aromatic carbocycles. The monoisotopic (exact) mass is 369 g/mol. The van der Waals surface area contributed by atoms with Gasteiger partial charge in [0.05, 0.1) is 6.61 Å². The summed E-state index contributed by atoms with van der Waals surface area (Å²) < 4.78 is 5.01. The summed E-state index contributed by atoms with van der Waals surface area (Å²) in [6, 6.07) is 7.95. The number of rotatable bonds is 6. The Morgan fingerprint density at radius 1 is 1.20 bits per heavy atom. The lowest BCUT2D eigenvalue weighted by Gasteiger charge is -2.31. The fourth-order valence-electron chi connectivity index (χ4n) is 2.86. The van der Waals surface area contributed by atoms with Crippen molar-refractivity contribution in [2.75, 3.05) is 32.8 Å². The van der Waals surface area contributed by atoms with Crippen LogP contribution in [0.15, 0.2) is 24.3 Å². The maximum absolute atomic E-state index is 12.1. The Morgan fingerprint density at radius 3 is 2.52 bits per heavy atom. The van der Waals surface area contributed by atoms with Crippen LogP contribution in [0, 0.1) is 6.92 Å². The third-order valence-electron chi connectivity index (χ3n) is 4.25. The van der Waals surface area contributed by atoms with Crippen molar-refractivity contribution in [3.05, 3.63) is 35.4 Å². The van der Waals surface area contributed by atoms with Crippen LogP contribution in [-0.4, -0.2) is 55.7 Å². The van der Waals surface area contributed by atoms with Gasteiger partial charge in [0, 0.05) is 37.8 Å². The van der Waals surface area contributed by atoms with E-state index >= 15 is 0 Å². The first-order valence-electron chi connectivity index (χ1n) is 8.60. The highest BCUT2D eigenvalue weighted by atomic mass is 35.5. The van der Waals surface area contributed by atoms with Crippen LogP contribution in [0.3, 0.4) is 0 Å². The number of nitrogens with one attached hydrogen (secondary N) is 2. The van der Waals surface area contributed by atoms with Gasteiger partial charge in [-0.3, -0.25) is 4.79 Å². The summed E-state index contributed by atoms with van der Waals surface area (Å²) in [4.78, 5) is 25.5. The topological polar surface area (TPSA) is 70.7 Å². The lowest BCUT2D eigenvalue weighted by atomic mass is 10.1. The third-order valence-corrected chi connectivity index (χ3v) is 4.25. The molecule has 2 rings (SSSR count). The van der Waals surface area contributed by atoms with E-state index < -0.39 is 0 Å². The van der Waals surface area contributed by atoms with Gasteiger partial charge in [-0.05, 0) is 38.3 Å². The van der Waals surface area contributed by atoms with Gasteiger partial charge in [0.1, 0.15) is 0 Å². The van der Waals surface area contributed by atoms with Crippen LogP contribution in [0.5, 0.6) is 0 Å². The van der Waals surface area contributed by atoms with Gasteiger partial charge in [0.2, 0.25) is 0 Å². The van der Waals surface area contributed by atoms with Crippen molar-refractivity contribution in [1.82, 2.24) is 15.5 Å². The highest BCUT2D eigenvalue weighted by Crippen LogP contribution is 2.11. The summed E-state index contributed by atoms with van der Waals surface area (Å²) in [5.41, 5.74) is 1.70. The predicted molar refractivity (Wildman–Crippen MR) is 100 cm³/mol. The average molecular weight is 370 g/mol. The molecule has 25 heavy (non-hydrogen) atoms. The number of aryl methyl sites for hydroxylation is 1. The van der Waals surface area contributed by atoms with Gasteiger partial charge in [-0.25, -0.2) is 4.79 Å². The zero-order chi connectivity index (χ0) is 17.4. The Morgan fingerprint density at radius 2 is 1.88 bits per heavy atom. The number of carbonyl (C=O) groups excluding carboxylic acids is 2. The van der Waals surface area contributed by atoms with Crippen molar-refractivity contribution in [3.8, 4) is 0 Å². The Hall–Kier alpha value is -1.79. The standard InChI is InChI=1S/C18H27N3O3.ClH/c1-3-24-18(23)21-12-8-15(9-13-21)19-10-11-20-17(22)16-7-5-4-6-14(16)2;/h4-7,15,19H,3,8-13H2,1-2H3,(H,20,22);1H. The van der Waals surface area contributed by atoms with E-state index in [9.17, 15) is 9.59 Å². The molecule has 0 aliphatic carbocycles. The first-order chi connectivity index (χ1) is 11.6. The van der Waals surface area contributed by atoms with Crippen LogP contribution in [0.2, 0.25) is 0 Å². The number of benzene rings is 1. The van der Waals surface area contributed by atoms with Crippen LogP contribution < -0.4 is 10.6 Å². The van der Waals surface area contributed by atoms with E-state index in [1.165, 1.54) is 0 Å². The largest absolute Gasteiger partial charge is 0.450 e. The van der Waals surface area contributed by atoms with Crippen molar-refractivity contribution < 1.29 is 14.3 Å². The number of likely N-dealkylation sites (tertiary alicyclic amines) is 1. The predicted octanol–water partition coefficient (Wildman–Crippen LogP) is 2.36. The molecule has 0 spiro atoms. The van der Waals surface area contributed by atoms with Crippen LogP contribution in [-0.2, 0) is 4.74 Å². The molecule has 1 aromatic rings. The molecule has 0 atom stereocenters. The molecule has 2 amide bonds. The number of hydrogen-bond acceptors (Lipinski definition) is 4. The fourth-order valence-corrected chi connectivity index (χ4v) is 2.86. The van der Waals surface area contributed by atoms with Crippen LogP contribution in [0.4, 0.5) is 4.79 Å². The number of ether oxygens (including phenoxy) is 1. The number of piperidine rings is 1. The maximum atomic E-state index is 12.1. The molecule has 2 N–H and O–H groups in total. The molecule has 140 valence electrons. The highest BCUT2D eigenvalue weighted by molar-refractivity contribution is 5.95. The molecule has 0 saturated carbocycles. The summed E-state index contributed by atoms with van der Waals surface area (Å²) in [5.74, 6) is -0.0352. The number of nitrogens with zero attached hydrogens (tertiary/aromatic N) is 1. The molecule has 1 heterocycles. The van der Waals surface area contributed by atoms with Crippen molar-refractivity contribution in [2.45, 2.75) is 32.7 Å². The number of amides is 2. The second-order valence-corrected chi connectivity index (χ2v) is 5.99. The molecule has 0 aromatic heterocycles. The molecule has 1 fully saturated rings. The van der Waals surface area contributed by atoms with E-state index in [0.717, 1.165) is 30.5 Å².